The van der Waals surface area contributed by atoms with Gasteiger partial charge in [0.2, 0.25) is 0 Å². The summed E-state index contributed by atoms with van der Waals surface area (Å²) in [7, 11) is 0. The highest BCUT2D eigenvalue weighted by molar-refractivity contribution is 7.18. The molecule has 168 valence electrons. The van der Waals surface area contributed by atoms with E-state index in [2.05, 4.69) is 15.6 Å². The minimum Gasteiger partial charge on any atom is -0.387 e. The first-order chi connectivity index (χ1) is 16.2. The molecule has 3 N–H and O–H groups in total. The van der Waals surface area contributed by atoms with Gasteiger partial charge in [0.25, 0.3) is 5.91 Å². The van der Waals surface area contributed by atoms with Crippen molar-refractivity contribution in [3.63, 3.8) is 0 Å². The van der Waals surface area contributed by atoms with Crippen molar-refractivity contribution in [1.29, 1.82) is 0 Å². The fraction of sp³-hybridized carbons (Fsp3) is 0.259. The van der Waals surface area contributed by atoms with E-state index < -0.39 is 6.10 Å². The Hall–Kier alpha value is -3.06. The van der Waals surface area contributed by atoms with Crippen LogP contribution in [0, 0.1) is 0 Å². The van der Waals surface area contributed by atoms with Gasteiger partial charge >= 0.3 is 0 Å². The molecule has 2 heterocycles. The molecule has 1 aliphatic rings. The van der Waals surface area contributed by atoms with Crippen LogP contribution < -0.4 is 10.6 Å². The van der Waals surface area contributed by atoms with Crippen LogP contribution in [0.3, 0.4) is 0 Å². The fourth-order valence-corrected chi connectivity index (χ4v) is 5.38. The summed E-state index contributed by atoms with van der Waals surface area (Å²) in [6, 6.07) is 26.0. The molecule has 5 rings (SSSR count). The van der Waals surface area contributed by atoms with Crippen LogP contribution in [-0.2, 0) is 13.0 Å². The van der Waals surface area contributed by atoms with Crippen LogP contribution in [0.2, 0.25) is 0 Å². The Morgan fingerprint density at radius 2 is 1.79 bits per heavy atom. The third-order valence-corrected chi connectivity index (χ3v) is 7.27. The number of fused-ring (bicyclic) bond motifs is 1. The van der Waals surface area contributed by atoms with E-state index in [4.69, 9.17) is 0 Å². The number of aliphatic hydroxyl groups is 1. The number of hydrogen-bond acceptors (Lipinski definition) is 5. The minimum atomic E-state index is -0.488. The molecular weight excluding hydrogens is 430 g/mol. The lowest BCUT2D eigenvalue weighted by molar-refractivity contribution is 0.0951. The second kappa shape index (κ2) is 9.83. The number of carbonyl (C=O) groups is 1. The summed E-state index contributed by atoms with van der Waals surface area (Å²) in [5.74, 6) is -0.0918. The smallest absolute Gasteiger partial charge is 0.251 e. The van der Waals surface area contributed by atoms with Crippen molar-refractivity contribution < 1.29 is 9.90 Å². The molecule has 5 nitrogen and oxygen atoms in total. The summed E-state index contributed by atoms with van der Waals surface area (Å²) in [6.45, 7) is 0.428. The predicted molar refractivity (Wildman–Crippen MR) is 132 cm³/mol. The Balaban J connectivity index is 1.13. The highest BCUT2D eigenvalue weighted by atomic mass is 32.1. The van der Waals surface area contributed by atoms with Crippen LogP contribution in [0.4, 0.5) is 0 Å². The SMILES string of the molecule is O=C(NCc1nc2ccccc2s1)c1ccc(C[C@@H]2CC[C@H]([C@H](O)c3ccccc3)N2)cc1. The van der Waals surface area contributed by atoms with Gasteiger partial charge in [0.15, 0.2) is 0 Å². The third kappa shape index (κ3) is 5.14. The zero-order chi connectivity index (χ0) is 22.6. The molecule has 4 aromatic rings. The number of rotatable bonds is 7. The topological polar surface area (TPSA) is 74.2 Å². The highest BCUT2D eigenvalue weighted by Crippen LogP contribution is 2.27. The molecule has 33 heavy (non-hydrogen) atoms. The summed E-state index contributed by atoms with van der Waals surface area (Å²) >= 11 is 1.60. The fourth-order valence-electron chi connectivity index (χ4n) is 4.47. The lowest BCUT2D eigenvalue weighted by Gasteiger charge is -2.20. The average molecular weight is 458 g/mol. The Bertz CT molecular complexity index is 1190. The summed E-state index contributed by atoms with van der Waals surface area (Å²) in [4.78, 5) is 17.1. The number of thiazole rings is 1. The number of benzene rings is 3. The van der Waals surface area contributed by atoms with E-state index in [1.54, 1.807) is 11.3 Å². The molecule has 0 unspecified atom stereocenters. The molecule has 0 bridgehead atoms. The van der Waals surface area contributed by atoms with Crippen LogP contribution in [0.1, 0.15) is 45.4 Å². The number of amides is 1. The van der Waals surface area contributed by atoms with Crippen molar-refractivity contribution in [2.75, 3.05) is 0 Å². The van der Waals surface area contributed by atoms with E-state index in [0.29, 0.717) is 18.2 Å². The Morgan fingerprint density at radius 3 is 2.58 bits per heavy atom. The molecule has 1 fully saturated rings. The zero-order valence-electron chi connectivity index (χ0n) is 18.3. The summed E-state index contributed by atoms with van der Waals surface area (Å²) in [6.07, 6.45) is 2.37. The maximum Gasteiger partial charge on any atom is 0.251 e. The lowest BCUT2D eigenvalue weighted by atomic mass is 10.0. The van der Waals surface area contributed by atoms with Crippen LogP contribution in [0.25, 0.3) is 10.2 Å². The summed E-state index contributed by atoms with van der Waals surface area (Å²) in [5.41, 5.74) is 3.76. The van der Waals surface area contributed by atoms with Gasteiger partial charge in [0.1, 0.15) is 5.01 Å². The molecule has 1 aromatic heterocycles. The second-order valence-electron chi connectivity index (χ2n) is 8.56. The van der Waals surface area contributed by atoms with Crippen LogP contribution in [0.5, 0.6) is 0 Å². The third-order valence-electron chi connectivity index (χ3n) is 6.23. The monoisotopic (exact) mass is 457 g/mol. The van der Waals surface area contributed by atoms with Crippen LogP contribution in [0.15, 0.2) is 78.9 Å². The zero-order valence-corrected chi connectivity index (χ0v) is 19.1. The first-order valence-electron chi connectivity index (χ1n) is 11.4. The predicted octanol–water partition coefficient (Wildman–Crippen LogP) is 4.62. The summed E-state index contributed by atoms with van der Waals surface area (Å²) in [5, 5.41) is 18.1. The number of nitrogens with one attached hydrogen (secondary N) is 2. The molecule has 3 aromatic carbocycles. The molecule has 1 aliphatic heterocycles. The van der Waals surface area contributed by atoms with Gasteiger partial charge in [0.05, 0.1) is 22.9 Å². The number of aromatic nitrogens is 1. The maximum atomic E-state index is 12.6. The van der Waals surface area contributed by atoms with Crippen molar-refractivity contribution in [2.45, 2.75) is 44.0 Å². The normalized spacial score (nSPS) is 18.9. The Morgan fingerprint density at radius 1 is 1.03 bits per heavy atom. The van der Waals surface area contributed by atoms with Gasteiger partial charge in [-0.05, 0) is 54.7 Å². The number of nitrogens with zero attached hydrogens (tertiary/aromatic N) is 1. The molecule has 6 heteroatoms. The van der Waals surface area contributed by atoms with Gasteiger partial charge < -0.3 is 15.7 Å². The molecular formula is C27H27N3O2S. The van der Waals surface area contributed by atoms with E-state index in [-0.39, 0.29) is 11.9 Å². The summed E-state index contributed by atoms with van der Waals surface area (Å²) < 4.78 is 1.13. The van der Waals surface area contributed by atoms with Gasteiger partial charge in [-0.1, -0.05) is 54.6 Å². The first kappa shape index (κ1) is 21.8. The van der Waals surface area contributed by atoms with Crippen molar-refractivity contribution in [1.82, 2.24) is 15.6 Å². The molecule has 3 atom stereocenters. The van der Waals surface area contributed by atoms with E-state index in [0.717, 1.165) is 40.1 Å². The average Bonchev–Trinajstić information content (AvgIpc) is 3.50. The molecule has 0 aliphatic carbocycles. The first-order valence-corrected chi connectivity index (χ1v) is 12.2. The number of aliphatic hydroxyl groups excluding tert-OH is 1. The molecule has 1 saturated heterocycles. The van der Waals surface area contributed by atoms with Crippen molar-refractivity contribution >= 4 is 27.5 Å². The number of para-hydroxylation sites is 1. The van der Waals surface area contributed by atoms with Crippen molar-refractivity contribution in [2.24, 2.45) is 0 Å². The molecule has 0 radical (unpaired) electrons. The molecule has 0 saturated carbocycles. The van der Waals surface area contributed by atoms with Crippen LogP contribution in [-0.4, -0.2) is 28.1 Å². The highest BCUT2D eigenvalue weighted by Gasteiger charge is 2.29. The largest absolute Gasteiger partial charge is 0.387 e. The van der Waals surface area contributed by atoms with Gasteiger partial charge in [-0.25, -0.2) is 4.98 Å². The van der Waals surface area contributed by atoms with Crippen molar-refractivity contribution in [3.05, 3.63) is 101 Å². The van der Waals surface area contributed by atoms with E-state index in [9.17, 15) is 9.90 Å². The molecule has 0 spiro atoms. The Kier molecular flexibility index (Phi) is 6.48. The minimum absolute atomic E-state index is 0.0740. The van der Waals surface area contributed by atoms with Crippen LogP contribution >= 0.6 is 11.3 Å². The second-order valence-corrected chi connectivity index (χ2v) is 9.68. The lowest BCUT2D eigenvalue weighted by Crippen LogP contribution is -2.35. The standard InChI is InChI=1S/C27H27N3O2S/c31-26(19-6-2-1-3-7-19)23-15-14-21(29-23)16-18-10-12-20(13-11-18)27(32)28-17-25-30-22-8-4-5-9-24(22)33-25/h1-13,21,23,26,29,31H,14-17H2,(H,28,32)/t21-,23+,26+/m0/s1. The van der Waals surface area contributed by atoms with Gasteiger partial charge in [-0.15, -0.1) is 11.3 Å². The van der Waals surface area contributed by atoms with Gasteiger partial charge in [0, 0.05) is 17.6 Å². The van der Waals surface area contributed by atoms with Crippen molar-refractivity contribution in [3.8, 4) is 0 Å². The quantitative estimate of drug-likeness (QED) is 0.379. The maximum absolute atomic E-state index is 12.6. The van der Waals surface area contributed by atoms with E-state index >= 15 is 0 Å². The number of carbonyl (C=O) groups excluding carboxylic acids is 1. The van der Waals surface area contributed by atoms with Gasteiger partial charge in [-0.2, -0.15) is 0 Å². The number of hydrogen-bond donors (Lipinski definition) is 3. The van der Waals surface area contributed by atoms with E-state index in [1.807, 2.05) is 78.9 Å². The Labute approximate surface area is 197 Å². The van der Waals surface area contributed by atoms with E-state index in [1.165, 1.54) is 5.56 Å². The molecule has 1 amide bonds. The van der Waals surface area contributed by atoms with Gasteiger partial charge in [-0.3, -0.25) is 4.79 Å².